The van der Waals surface area contributed by atoms with Crippen LogP contribution in [0.5, 0.6) is 0 Å². The topological polar surface area (TPSA) is 83.0 Å². The minimum Gasteiger partial charge on any atom is -0.382 e. The van der Waals surface area contributed by atoms with E-state index in [2.05, 4.69) is 15.8 Å². The molecule has 0 saturated heterocycles. The Balaban J connectivity index is 1.78. The van der Waals surface area contributed by atoms with Crippen LogP contribution in [0, 0.1) is 0 Å². The second-order valence-electron chi connectivity index (χ2n) is 6.03. The van der Waals surface area contributed by atoms with Gasteiger partial charge in [0.15, 0.2) is 0 Å². The van der Waals surface area contributed by atoms with Gasteiger partial charge < -0.3 is 20.4 Å². The Morgan fingerprint density at radius 2 is 2.04 bits per heavy atom. The first kappa shape index (κ1) is 17.9. The number of carbonyl (C=O) groups excluding carboxylic acids is 2. The molecule has 1 heterocycles. The van der Waals surface area contributed by atoms with Gasteiger partial charge in [0.2, 0.25) is 12.0 Å². The highest BCUT2D eigenvalue weighted by Gasteiger charge is 2.30. The van der Waals surface area contributed by atoms with Gasteiger partial charge in [-0.3, -0.25) is 9.59 Å². The van der Waals surface area contributed by atoms with Gasteiger partial charge in [-0.1, -0.05) is 35.5 Å². The molecule has 1 aromatic rings. The number of carbonyl (C=O) groups is 2. The van der Waals surface area contributed by atoms with E-state index in [1.807, 2.05) is 49.3 Å². The number of amides is 2. The van der Waals surface area contributed by atoms with E-state index in [1.54, 1.807) is 6.92 Å². The standard InChI is InChI=1S/C17H24N4O3/c1-12(16(22)18-9-10-21(2)3)19-17(23)15-11-14(20-24-15)13-7-5-4-6-8-13/h4-8,12,15H,9-11H2,1-3H3,(H,18,22)(H,19,23)/t12-,15-/m1/s1. The van der Waals surface area contributed by atoms with E-state index < -0.39 is 12.1 Å². The van der Waals surface area contributed by atoms with Crippen molar-refractivity contribution in [2.24, 2.45) is 5.16 Å². The van der Waals surface area contributed by atoms with Crippen molar-refractivity contribution in [3.63, 3.8) is 0 Å². The van der Waals surface area contributed by atoms with Gasteiger partial charge in [0.05, 0.1) is 5.71 Å². The summed E-state index contributed by atoms with van der Waals surface area (Å²) in [4.78, 5) is 31.4. The molecule has 0 aromatic heterocycles. The van der Waals surface area contributed by atoms with Crippen molar-refractivity contribution in [1.29, 1.82) is 0 Å². The Bertz CT molecular complexity index is 601. The van der Waals surface area contributed by atoms with Crippen LogP contribution in [0.25, 0.3) is 0 Å². The number of hydrogen-bond donors (Lipinski definition) is 2. The molecule has 0 bridgehead atoms. The van der Waals surface area contributed by atoms with Crippen LogP contribution in [0.15, 0.2) is 35.5 Å². The average molecular weight is 332 g/mol. The maximum atomic E-state index is 12.2. The molecule has 2 amide bonds. The lowest BCUT2D eigenvalue weighted by Gasteiger charge is -2.17. The first-order valence-electron chi connectivity index (χ1n) is 7.98. The summed E-state index contributed by atoms with van der Waals surface area (Å²) in [5, 5.41) is 9.43. The number of likely N-dealkylation sites (N-methyl/N-ethyl adjacent to an activating group) is 1. The molecular formula is C17H24N4O3. The van der Waals surface area contributed by atoms with Crippen molar-refractivity contribution < 1.29 is 14.4 Å². The van der Waals surface area contributed by atoms with E-state index in [0.29, 0.717) is 13.0 Å². The van der Waals surface area contributed by atoms with Crippen molar-refractivity contribution >= 4 is 17.5 Å². The molecule has 0 spiro atoms. The molecule has 2 atom stereocenters. The van der Waals surface area contributed by atoms with Crippen LogP contribution >= 0.6 is 0 Å². The number of nitrogens with zero attached hydrogens (tertiary/aromatic N) is 2. The lowest BCUT2D eigenvalue weighted by atomic mass is 10.0. The highest BCUT2D eigenvalue weighted by molar-refractivity contribution is 6.04. The normalized spacial score (nSPS) is 17.8. The van der Waals surface area contributed by atoms with E-state index in [-0.39, 0.29) is 11.8 Å². The highest BCUT2D eigenvalue weighted by Crippen LogP contribution is 2.16. The summed E-state index contributed by atoms with van der Waals surface area (Å²) in [6, 6.07) is 8.95. The fourth-order valence-corrected chi connectivity index (χ4v) is 2.25. The lowest BCUT2D eigenvalue weighted by molar-refractivity contribution is -0.135. The molecule has 0 radical (unpaired) electrons. The molecule has 1 aliphatic rings. The summed E-state index contributed by atoms with van der Waals surface area (Å²) in [6.45, 7) is 2.93. The third-order valence-corrected chi connectivity index (χ3v) is 3.68. The van der Waals surface area contributed by atoms with E-state index in [1.165, 1.54) is 0 Å². The molecule has 24 heavy (non-hydrogen) atoms. The molecule has 1 aromatic carbocycles. The van der Waals surface area contributed by atoms with Gasteiger partial charge >= 0.3 is 0 Å². The maximum Gasteiger partial charge on any atom is 0.264 e. The van der Waals surface area contributed by atoms with Gasteiger partial charge in [-0.25, -0.2) is 0 Å². The predicted molar refractivity (Wildman–Crippen MR) is 91.6 cm³/mol. The summed E-state index contributed by atoms with van der Waals surface area (Å²) in [6.07, 6.45) is -0.303. The van der Waals surface area contributed by atoms with Crippen molar-refractivity contribution in [3.05, 3.63) is 35.9 Å². The summed E-state index contributed by atoms with van der Waals surface area (Å²) in [5.74, 6) is -0.549. The Kier molecular flexibility index (Phi) is 6.31. The molecule has 0 unspecified atom stereocenters. The first-order valence-corrected chi connectivity index (χ1v) is 7.98. The Morgan fingerprint density at radius 1 is 1.33 bits per heavy atom. The minimum atomic E-state index is -0.697. The molecule has 0 saturated carbocycles. The van der Waals surface area contributed by atoms with Crippen LogP contribution in [0.2, 0.25) is 0 Å². The van der Waals surface area contributed by atoms with Gasteiger partial charge in [0, 0.05) is 19.5 Å². The number of benzene rings is 1. The van der Waals surface area contributed by atoms with E-state index in [9.17, 15) is 9.59 Å². The summed E-state index contributed by atoms with van der Waals surface area (Å²) in [7, 11) is 3.86. The molecule has 0 aliphatic carbocycles. The van der Waals surface area contributed by atoms with E-state index >= 15 is 0 Å². The molecule has 7 nitrogen and oxygen atoms in total. The second-order valence-corrected chi connectivity index (χ2v) is 6.03. The second kappa shape index (κ2) is 8.44. The maximum absolute atomic E-state index is 12.2. The largest absolute Gasteiger partial charge is 0.382 e. The summed E-state index contributed by atoms with van der Waals surface area (Å²) >= 11 is 0. The Morgan fingerprint density at radius 3 is 2.71 bits per heavy atom. The smallest absolute Gasteiger partial charge is 0.264 e. The molecule has 2 N–H and O–H groups in total. The summed E-state index contributed by atoms with van der Waals surface area (Å²) < 4.78 is 0. The van der Waals surface area contributed by atoms with Gasteiger partial charge in [0.1, 0.15) is 6.04 Å². The SMILES string of the molecule is C[C@@H](NC(=O)[C@H]1CC(c2ccccc2)=NO1)C(=O)NCCN(C)C. The molecular weight excluding hydrogens is 308 g/mol. The Hall–Kier alpha value is -2.41. The quantitative estimate of drug-likeness (QED) is 0.755. The zero-order valence-electron chi connectivity index (χ0n) is 14.3. The number of nitrogens with one attached hydrogen (secondary N) is 2. The van der Waals surface area contributed by atoms with Crippen molar-refractivity contribution in [2.75, 3.05) is 27.2 Å². The van der Waals surface area contributed by atoms with Gasteiger partial charge in [-0.2, -0.15) is 0 Å². The fraction of sp³-hybridized carbons (Fsp3) is 0.471. The summed E-state index contributed by atoms with van der Waals surface area (Å²) in [5.41, 5.74) is 1.67. The number of rotatable bonds is 7. The van der Waals surface area contributed by atoms with Crippen LogP contribution in [-0.4, -0.2) is 61.8 Å². The molecule has 7 heteroatoms. The zero-order chi connectivity index (χ0) is 17.5. The van der Waals surface area contributed by atoms with Crippen molar-refractivity contribution in [3.8, 4) is 0 Å². The van der Waals surface area contributed by atoms with Crippen LogP contribution in [0.4, 0.5) is 0 Å². The number of hydrogen-bond acceptors (Lipinski definition) is 5. The van der Waals surface area contributed by atoms with E-state index in [4.69, 9.17) is 4.84 Å². The zero-order valence-corrected chi connectivity index (χ0v) is 14.3. The molecule has 0 fully saturated rings. The van der Waals surface area contributed by atoms with Gasteiger partial charge in [-0.05, 0) is 26.6 Å². The highest BCUT2D eigenvalue weighted by atomic mass is 16.6. The lowest BCUT2D eigenvalue weighted by Crippen LogP contribution is -2.49. The van der Waals surface area contributed by atoms with Crippen LogP contribution in [-0.2, 0) is 14.4 Å². The number of oxime groups is 1. The Labute approximate surface area is 142 Å². The first-order chi connectivity index (χ1) is 11.5. The third kappa shape index (κ3) is 5.06. The van der Waals surface area contributed by atoms with Gasteiger partial charge in [0.25, 0.3) is 5.91 Å². The van der Waals surface area contributed by atoms with Gasteiger partial charge in [-0.15, -0.1) is 0 Å². The van der Waals surface area contributed by atoms with Crippen LogP contribution in [0.1, 0.15) is 18.9 Å². The van der Waals surface area contributed by atoms with Crippen molar-refractivity contribution in [2.45, 2.75) is 25.5 Å². The van der Waals surface area contributed by atoms with E-state index in [0.717, 1.165) is 17.8 Å². The third-order valence-electron chi connectivity index (χ3n) is 3.68. The molecule has 1 aliphatic heterocycles. The average Bonchev–Trinajstić information content (AvgIpc) is 3.05. The minimum absolute atomic E-state index is 0.215. The molecule has 2 rings (SSSR count). The van der Waals surface area contributed by atoms with Crippen LogP contribution < -0.4 is 10.6 Å². The predicted octanol–water partition coefficient (Wildman–Crippen LogP) is 0.362. The van der Waals surface area contributed by atoms with Crippen molar-refractivity contribution in [1.82, 2.24) is 15.5 Å². The monoisotopic (exact) mass is 332 g/mol. The fourth-order valence-electron chi connectivity index (χ4n) is 2.25. The van der Waals surface area contributed by atoms with Crippen LogP contribution in [0.3, 0.4) is 0 Å². The molecule has 130 valence electrons.